The predicted molar refractivity (Wildman–Crippen MR) is 91.0 cm³/mol. The topological polar surface area (TPSA) is 123 Å². The van der Waals surface area contributed by atoms with Gasteiger partial charge in [-0.15, -0.1) is 10.1 Å². The fourth-order valence-corrected chi connectivity index (χ4v) is 2.63. The standard InChI is InChI=1S/C16H13ClF3NO9/c1-8-4-10(17)5-9-6-11(13(16(18,19)20)30-12(8)9)14(22)27-7-28-15(23)26-2-3-29-21(24)25/h4-6,13H,2-3,7H2,1H3/t13-/m0/s1. The van der Waals surface area contributed by atoms with Gasteiger partial charge in [0.15, 0.2) is 0 Å². The Labute approximate surface area is 171 Å². The molecule has 2 rings (SSSR count). The van der Waals surface area contributed by atoms with Gasteiger partial charge >= 0.3 is 18.3 Å². The molecule has 1 atom stereocenters. The van der Waals surface area contributed by atoms with Crippen molar-refractivity contribution < 1.29 is 51.6 Å². The number of carbonyl (C=O) groups excluding carboxylic acids is 2. The second kappa shape index (κ2) is 9.52. The molecule has 1 aromatic rings. The Kier molecular flexibility index (Phi) is 7.32. The van der Waals surface area contributed by atoms with Crippen molar-refractivity contribution >= 4 is 29.8 Å². The molecule has 164 valence electrons. The largest absolute Gasteiger partial charge is 0.511 e. The van der Waals surface area contributed by atoms with E-state index in [4.69, 9.17) is 16.3 Å². The molecule has 10 nitrogen and oxygen atoms in total. The van der Waals surface area contributed by atoms with Crippen LogP contribution in [0.3, 0.4) is 0 Å². The molecule has 0 bridgehead atoms. The van der Waals surface area contributed by atoms with Crippen molar-refractivity contribution in [2.45, 2.75) is 19.2 Å². The van der Waals surface area contributed by atoms with E-state index in [0.717, 1.165) is 6.08 Å². The summed E-state index contributed by atoms with van der Waals surface area (Å²) in [7, 11) is 0. The highest BCUT2D eigenvalue weighted by atomic mass is 35.5. The second-order valence-corrected chi connectivity index (χ2v) is 6.07. The zero-order chi connectivity index (χ0) is 22.5. The van der Waals surface area contributed by atoms with Crippen molar-refractivity contribution in [3.8, 4) is 5.75 Å². The van der Waals surface area contributed by atoms with Crippen LogP contribution in [-0.4, -0.2) is 49.5 Å². The van der Waals surface area contributed by atoms with Gasteiger partial charge in [-0.2, -0.15) is 13.2 Å². The molecule has 1 aliphatic heterocycles. The van der Waals surface area contributed by atoms with Gasteiger partial charge in [-0.3, -0.25) is 0 Å². The number of ether oxygens (including phenoxy) is 4. The Morgan fingerprint density at radius 3 is 2.57 bits per heavy atom. The van der Waals surface area contributed by atoms with Crippen LogP contribution in [0.15, 0.2) is 17.7 Å². The SMILES string of the molecule is Cc1cc(Cl)cc2c1O[C@H](C(F)(F)F)C(C(=O)OCOC(=O)OCCO[N+](=O)[O-])=C2. The summed E-state index contributed by atoms with van der Waals surface area (Å²) in [5, 5.41) is 9.01. The van der Waals surface area contributed by atoms with E-state index in [9.17, 15) is 32.9 Å². The number of fused-ring (bicyclic) bond motifs is 1. The number of hydrogen-bond acceptors (Lipinski definition) is 9. The van der Waals surface area contributed by atoms with Gasteiger partial charge in [-0.25, -0.2) is 9.59 Å². The molecule has 0 aromatic heterocycles. The third-order valence-corrected chi connectivity index (χ3v) is 3.72. The molecule has 0 spiro atoms. The van der Waals surface area contributed by atoms with E-state index in [-0.39, 0.29) is 16.3 Å². The van der Waals surface area contributed by atoms with Crippen LogP contribution in [0.1, 0.15) is 11.1 Å². The van der Waals surface area contributed by atoms with Crippen molar-refractivity contribution in [2.24, 2.45) is 0 Å². The first-order valence-electron chi connectivity index (χ1n) is 7.98. The number of rotatable bonds is 7. The van der Waals surface area contributed by atoms with E-state index in [2.05, 4.69) is 19.0 Å². The number of hydrogen-bond donors (Lipinski definition) is 0. The number of alkyl halides is 3. The molecule has 0 amide bonds. The minimum Gasteiger partial charge on any atom is -0.475 e. The lowest BCUT2D eigenvalue weighted by Crippen LogP contribution is -2.41. The molecule has 0 unspecified atom stereocenters. The summed E-state index contributed by atoms with van der Waals surface area (Å²) >= 11 is 5.88. The van der Waals surface area contributed by atoms with E-state index in [1.54, 1.807) is 0 Å². The molecule has 0 N–H and O–H groups in total. The quantitative estimate of drug-likeness (QED) is 0.200. The average Bonchev–Trinajstić information content (AvgIpc) is 2.63. The van der Waals surface area contributed by atoms with Crippen LogP contribution in [0, 0.1) is 17.0 Å². The molecular formula is C16H13ClF3NO9. The predicted octanol–water partition coefficient (Wildman–Crippen LogP) is 3.22. The van der Waals surface area contributed by atoms with Gasteiger partial charge in [0.2, 0.25) is 12.9 Å². The first kappa shape index (κ1) is 23.1. The van der Waals surface area contributed by atoms with Crippen LogP contribution in [0.5, 0.6) is 5.75 Å². The molecule has 0 fully saturated rings. The van der Waals surface area contributed by atoms with Gasteiger partial charge in [0.25, 0.3) is 5.09 Å². The lowest BCUT2D eigenvalue weighted by atomic mass is 9.99. The summed E-state index contributed by atoms with van der Waals surface area (Å²) < 4.78 is 58.3. The van der Waals surface area contributed by atoms with E-state index in [0.29, 0.717) is 5.56 Å². The van der Waals surface area contributed by atoms with Crippen LogP contribution in [0.25, 0.3) is 6.08 Å². The first-order chi connectivity index (χ1) is 14.0. The highest BCUT2D eigenvalue weighted by Gasteiger charge is 2.49. The molecule has 1 heterocycles. The van der Waals surface area contributed by atoms with Crippen LogP contribution in [0.4, 0.5) is 18.0 Å². The highest BCUT2D eigenvalue weighted by Crippen LogP contribution is 2.40. The fourth-order valence-electron chi connectivity index (χ4n) is 2.35. The Bertz CT molecular complexity index is 872. The molecular weight excluding hydrogens is 443 g/mol. The number of carbonyl (C=O) groups is 2. The second-order valence-electron chi connectivity index (χ2n) is 5.63. The monoisotopic (exact) mass is 455 g/mol. The third-order valence-electron chi connectivity index (χ3n) is 3.50. The Morgan fingerprint density at radius 1 is 1.23 bits per heavy atom. The number of halogens is 4. The van der Waals surface area contributed by atoms with Gasteiger partial charge < -0.3 is 23.8 Å². The van der Waals surface area contributed by atoms with E-state index in [1.165, 1.54) is 19.1 Å². The molecule has 1 aromatic carbocycles. The molecule has 30 heavy (non-hydrogen) atoms. The van der Waals surface area contributed by atoms with Gasteiger partial charge in [-0.05, 0) is 30.7 Å². The fraction of sp³-hybridized carbons (Fsp3) is 0.375. The van der Waals surface area contributed by atoms with Crippen LogP contribution < -0.4 is 4.74 Å². The van der Waals surface area contributed by atoms with Crippen molar-refractivity contribution in [3.63, 3.8) is 0 Å². The first-order valence-corrected chi connectivity index (χ1v) is 8.36. The van der Waals surface area contributed by atoms with Gasteiger partial charge in [0.1, 0.15) is 19.0 Å². The van der Waals surface area contributed by atoms with E-state index in [1.807, 2.05) is 0 Å². The zero-order valence-corrected chi connectivity index (χ0v) is 15.8. The minimum atomic E-state index is -4.94. The normalized spacial score (nSPS) is 15.2. The van der Waals surface area contributed by atoms with Crippen molar-refractivity contribution in [1.82, 2.24) is 0 Å². The molecule has 0 radical (unpaired) electrons. The lowest BCUT2D eigenvalue weighted by Gasteiger charge is -2.28. The van der Waals surface area contributed by atoms with Crippen LogP contribution >= 0.6 is 11.6 Å². The maximum atomic E-state index is 13.4. The summed E-state index contributed by atoms with van der Waals surface area (Å²) in [5.41, 5.74) is -0.408. The summed E-state index contributed by atoms with van der Waals surface area (Å²) in [6.07, 6.45) is -8.01. The molecule has 0 saturated heterocycles. The van der Waals surface area contributed by atoms with E-state index < -0.39 is 55.1 Å². The summed E-state index contributed by atoms with van der Waals surface area (Å²) in [6.45, 7) is -0.691. The summed E-state index contributed by atoms with van der Waals surface area (Å²) in [6, 6.07) is 2.71. The van der Waals surface area contributed by atoms with Crippen molar-refractivity contribution in [2.75, 3.05) is 20.0 Å². The molecule has 14 heteroatoms. The third kappa shape index (κ3) is 6.14. The zero-order valence-electron chi connectivity index (χ0n) is 15.1. The average molecular weight is 456 g/mol. The maximum Gasteiger partial charge on any atom is 0.511 e. The van der Waals surface area contributed by atoms with Crippen molar-refractivity contribution in [3.05, 3.63) is 44.0 Å². The number of nitrogens with zero attached hydrogens (tertiary/aromatic N) is 1. The van der Waals surface area contributed by atoms with Gasteiger partial charge in [0.05, 0.1) is 5.57 Å². The molecule has 0 saturated carbocycles. The lowest BCUT2D eigenvalue weighted by molar-refractivity contribution is -0.757. The Hall–Kier alpha value is -3.22. The van der Waals surface area contributed by atoms with E-state index >= 15 is 0 Å². The molecule has 0 aliphatic carbocycles. The highest BCUT2D eigenvalue weighted by molar-refractivity contribution is 6.30. The number of aryl methyl sites for hydroxylation is 1. The summed E-state index contributed by atoms with van der Waals surface area (Å²) in [4.78, 5) is 37.1. The maximum absolute atomic E-state index is 13.4. The minimum absolute atomic E-state index is 0.0879. The van der Waals surface area contributed by atoms with Crippen LogP contribution in [0.2, 0.25) is 5.02 Å². The number of benzene rings is 1. The Balaban J connectivity index is 2.02. The smallest absolute Gasteiger partial charge is 0.475 e. The molecule has 1 aliphatic rings. The van der Waals surface area contributed by atoms with Gasteiger partial charge in [0, 0.05) is 10.6 Å². The van der Waals surface area contributed by atoms with Crippen LogP contribution in [-0.2, 0) is 23.8 Å². The Morgan fingerprint density at radius 2 is 1.93 bits per heavy atom. The summed E-state index contributed by atoms with van der Waals surface area (Å²) in [5.74, 6) is -1.54. The van der Waals surface area contributed by atoms with Gasteiger partial charge in [-0.1, -0.05) is 11.6 Å². The van der Waals surface area contributed by atoms with Crippen molar-refractivity contribution in [1.29, 1.82) is 0 Å². The number of esters is 1.